The third-order valence-electron chi connectivity index (χ3n) is 5.53. The fourth-order valence-corrected chi connectivity index (χ4v) is 4.80. The first-order valence-electron chi connectivity index (χ1n) is 11.1. The van der Waals surface area contributed by atoms with Gasteiger partial charge in [0.2, 0.25) is 5.91 Å². The lowest BCUT2D eigenvalue weighted by Gasteiger charge is -2.37. The molecule has 0 saturated heterocycles. The average molecular weight is 511 g/mol. The number of thioether (sulfide) groups is 1. The minimum absolute atomic E-state index is 0.0624. The number of carbonyl (C=O) groups excluding carboxylic acids is 2. The van der Waals surface area contributed by atoms with E-state index < -0.39 is 29.5 Å². The highest BCUT2D eigenvalue weighted by molar-refractivity contribution is 8.16. The summed E-state index contributed by atoms with van der Waals surface area (Å²) >= 11 is 1.000. The van der Waals surface area contributed by atoms with Crippen LogP contribution in [0.1, 0.15) is 36.1 Å². The van der Waals surface area contributed by atoms with Crippen LogP contribution >= 0.6 is 11.8 Å². The molecule has 0 aliphatic carbocycles. The summed E-state index contributed by atoms with van der Waals surface area (Å²) in [6.45, 7) is 6.12. The van der Waals surface area contributed by atoms with E-state index in [-0.39, 0.29) is 24.1 Å². The Labute approximate surface area is 207 Å². The largest absolute Gasteiger partial charge is 0.463 e. The van der Waals surface area contributed by atoms with Crippen molar-refractivity contribution in [1.82, 2.24) is 15.1 Å². The van der Waals surface area contributed by atoms with E-state index in [1.54, 1.807) is 29.4 Å². The van der Waals surface area contributed by atoms with Crippen LogP contribution in [-0.4, -0.2) is 66.8 Å². The molecule has 0 radical (unpaired) electrons. The van der Waals surface area contributed by atoms with Gasteiger partial charge in [-0.15, -0.1) is 0 Å². The molecule has 1 unspecified atom stereocenters. The molecule has 35 heavy (non-hydrogen) atoms. The van der Waals surface area contributed by atoms with Crippen molar-refractivity contribution in [2.45, 2.75) is 39.4 Å². The Morgan fingerprint density at radius 1 is 1.26 bits per heavy atom. The normalized spacial score (nSPS) is 17.9. The van der Waals surface area contributed by atoms with Gasteiger partial charge < -0.3 is 19.9 Å². The number of hydrogen-bond donors (Lipinski definition) is 1. The summed E-state index contributed by atoms with van der Waals surface area (Å²) in [5, 5.41) is 4.50. The summed E-state index contributed by atoms with van der Waals surface area (Å²) < 4.78 is 47.5. The monoisotopic (exact) mass is 510 g/mol. The Morgan fingerprint density at radius 3 is 2.60 bits per heavy atom. The predicted molar refractivity (Wildman–Crippen MR) is 129 cm³/mol. The van der Waals surface area contributed by atoms with Gasteiger partial charge in [0.15, 0.2) is 10.9 Å². The fourth-order valence-electron chi connectivity index (χ4n) is 3.88. The van der Waals surface area contributed by atoms with Crippen molar-refractivity contribution in [3.8, 4) is 0 Å². The number of halogens is 3. The van der Waals surface area contributed by atoms with Crippen molar-refractivity contribution in [2.24, 2.45) is 4.99 Å². The number of esters is 1. The molecule has 1 amide bonds. The number of allylic oxidation sites excluding steroid dienone is 1. The number of aryl methyl sites for hydroxylation is 2. The van der Waals surface area contributed by atoms with Gasteiger partial charge in [-0.3, -0.25) is 4.79 Å². The molecule has 0 spiro atoms. The Morgan fingerprint density at radius 2 is 1.97 bits per heavy atom. The number of benzene rings is 1. The summed E-state index contributed by atoms with van der Waals surface area (Å²) in [4.78, 5) is 32.9. The van der Waals surface area contributed by atoms with Crippen LogP contribution in [-0.2, 0) is 14.3 Å². The summed E-state index contributed by atoms with van der Waals surface area (Å²) in [5.41, 5.74) is 0.652. The van der Waals surface area contributed by atoms with Crippen molar-refractivity contribution in [3.63, 3.8) is 0 Å². The lowest BCUT2D eigenvalue weighted by atomic mass is 9.89. The number of amidine groups is 1. The quantitative estimate of drug-likeness (QED) is 0.532. The van der Waals surface area contributed by atoms with Crippen LogP contribution in [0.15, 0.2) is 45.6 Å². The van der Waals surface area contributed by atoms with E-state index >= 15 is 0 Å². The van der Waals surface area contributed by atoms with Gasteiger partial charge in [-0.25, -0.2) is 9.79 Å². The molecule has 0 saturated carbocycles. The number of aliphatic imine (C=N–C) groups is 1. The van der Waals surface area contributed by atoms with E-state index in [1.165, 1.54) is 6.92 Å². The van der Waals surface area contributed by atoms with E-state index in [2.05, 4.69) is 10.3 Å². The van der Waals surface area contributed by atoms with Crippen LogP contribution < -0.4 is 5.32 Å². The number of nitrogens with one attached hydrogen (secondary N) is 1. The van der Waals surface area contributed by atoms with E-state index in [0.717, 1.165) is 17.3 Å². The highest BCUT2D eigenvalue weighted by atomic mass is 32.2. The molecule has 1 N–H and O–H groups in total. The lowest BCUT2D eigenvalue weighted by molar-refractivity contribution is -0.140. The van der Waals surface area contributed by atoms with E-state index in [9.17, 15) is 22.8 Å². The van der Waals surface area contributed by atoms with Crippen molar-refractivity contribution in [2.75, 3.05) is 33.8 Å². The Balaban J connectivity index is 2.10. The zero-order valence-corrected chi connectivity index (χ0v) is 21.1. The SMILES string of the molecule is CCOC(=O)C1=C(C(F)(F)F)N=C2SC=C(CC(=O)NCCN(C)C)N2C1c1cc(C)ccc1C. The number of hydrogen-bond acceptors (Lipinski definition) is 7. The highest BCUT2D eigenvalue weighted by Crippen LogP contribution is 2.48. The molecule has 1 atom stereocenters. The summed E-state index contributed by atoms with van der Waals surface area (Å²) in [6, 6.07) is 4.26. The second-order valence-electron chi connectivity index (χ2n) is 8.56. The number of nitrogens with zero attached hydrogens (tertiary/aromatic N) is 3. The van der Waals surface area contributed by atoms with Crippen molar-refractivity contribution in [1.29, 1.82) is 0 Å². The van der Waals surface area contributed by atoms with Gasteiger partial charge in [0.25, 0.3) is 0 Å². The minimum Gasteiger partial charge on any atom is -0.463 e. The van der Waals surface area contributed by atoms with Crippen LogP contribution in [0, 0.1) is 13.8 Å². The molecule has 7 nitrogen and oxygen atoms in total. The molecule has 1 aromatic rings. The van der Waals surface area contributed by atoms with E-state index in [1.807, 2.05) is 32.0 Å². The smallest absolute Gasteiger partial charge is 0.434 e. The average Bonchev–Trinajstić information content (AvgIpc) is 3.16. The second-order valence-corrected chi connectivity index (χ2v) is 9.40. The number of rotatable bonds is 8. The third kappa shape index (κ3) is 6.07. The van der Waals surface area contributed by atoms with Gasteiger partial charge in [-0.1, -0.05) is 35.5 Å². The molecule has 190 valence electrons. The first-order valence-corrected chi connectivity index (χ1v) is 12.0. The molecular formula is C24H29F3N4O3S. The van der Waals surface area contributed by atoms with Crippen LogP contribution in [0.25, 0.3) is 0 Å². The summed E-state index contributed by atoms with van der Waals surface area (Å²) in [6.07, 6.45) is -4.94. The molecule has 2 aliphatic heterocycles. The van der Waals surface area contributed by atoms with Crippen LogP contribution in [0.4, 0.5) is 13.2 Å². The van der Waals surface area contributed by atoms with E-state index in [4.69, 9.17) is 4.74 Å². The molecule has 1 aromatic carbocycles. The molecule has 0 aromatic heterocycles. The fraction of sp³-hybridized carbons (Fsp3) is 0.458. The number of fused-ring (bicyclic) bond motifs is 1. The minimum atomic E-state index is -4.87. The number of carbonyl (C=O) groups is 2. The highest BCUT2D eigenvalue weighted by Gasteiger charge is 2.49. The number of ether oxygens (including phenoxy) is 1. The van der Waals surface area contributed by atoms with Crippen molar-refractivity contribution >= 4 is 28.8 Å². The predicted octanol–water partition coefficient (Wildman–Crippen LogP) is 4.05. The molecule has 2 heterocycles. The van der Waals surface area contributed by atoms with Gasteiger partial charge in [-0.05, 0) is 51.4 Å². The molecular weight excluding hydrogens is 481 g/mol. The Bertz CT molecular complexity index is 1100. The van der Waals surface area contributed by atoms with Gasteiger partial charge in [0.05, 0.1) is 24.6 Å². The molecule has 11 heteroatoms. The summed E-state index contributed by atoms with van der Waals surface area (Å²) in [7, 11) is 3.77. The van der Waals surface area contributed by atoms with Gasteiger partial charge in [0.1, 0.15) is 0 Å². The number of likely N-dealkylation sites (N-methyl/N-ethyl adjacent to an activating group) is 1. The number of amides is 1. The maximum atomic E-state index is 14.1. The van der Waals surface area contributed by atoms with Crippen LogP contribution in [0.5, 0.6) is 0 Å². The topological polar surface area (TPSA) is 74.2 Å². The van der Waals surface area contributed by atoms with Crippen molar-refractivity contribution in [3.05, 3.63) is 57.3 Å². The van der Waals surface area contributed by atoms with Crippen molar-refractivity contribution < 1.29 is 27.5 Å². The zero-order chi connectivity index (χ0) is 25.9. The zero-order valence-electron chi connectivity index (χ0n) is 20.3. The van der Waals surface area contributed by atoms with Crippen LogP contribution in [0.3, 0.4) is 0 Å². The molecule has 3 rings (SSSR count). The molecule has 0 bridgehead atoms. The Kier molecular flexibility index (Phi) is 8.32. The lowest BCUT2D eigenvalue weighted by Crippen LogP contribution is -2.40. The second kappa shape index (κ2) is 10.9. The van der Waals surface area contributed by atoms with Gasteiger partial charge in [0, 0.05) is 18.8 Å². The number of alkyl halides is 3. The van der Waals surface area contributed by atoms with E-state index in [0.29, 0.717) is 29.9 Å². The van der Waals surface area contributed by atoms with Gasteiger partial charge >= 0.3 is 12.1 Å². The summed E-state index contributed by atoms with van der Waals surface area (Å²) in [5.74, 6) is -1.36. The maximum absolute atomic E-state index is 14.1. The first-order chi connectivity index (χ1) is 16.4. The van der Waals surface area contributed by atoms with Gasteiger partial charge in [-0.2, -0.15) is 13.2 Å². The first kappa shape index (κ1) is 26.8. The standard InChI is InChI=1S/C24H29F3N4O3S/c1-6-34-22(33)19-20(17-11-14(2)7-8-15(17)3)31-16(12-18(32)28-9-10-30(4)5)13-35-23(31)29-21(19)24(25,26)27/h7-8,11,13,20H,6,9-10,12H2,1-5H3,(H,28,32). The van der Waals surface area contributed by atoms with Crippen LogP contribution in [0.2, 0.25) is 0 Å². The molecule has 0 fully saturated rings. The maximum Gasteiger partial charge on any atom is 0.434 e. The Hall–Kier alpha value is -2.79. The third-order valence-corrected chi connectivity index (χ3v) is 6.41. The molecule has 2 aliphatic rings.